The van der Waals surface area contributed by atoms with Gasteiger partial charge in [-0.3, -0.25) is 0 Å². The fourth-order valence-electron chi connectivity index (χ4n) is 1.95. The molecule has 0 spiro atoms. The summed E-state index contributed by atoms with van der Waals surface area (Å²) >= 11 is 0. The lowest BCUT2D eigenvalue weighted by Crippen LogP contribution is -2.42. The van der Waals surface area contributed by atoms with Crippen LogP contribution in [-0.4, -0.2) is 50.6 Å². The molecule has 6 nitrogen and oxygen atoms in total. The van der Waals surface area contributed by atoms with Crippen molar-refractivity contribution < 1.29 is 17.5 Å². The number of sulfone groups is 1. The Kier molecular flexibility index (Phi) is 8.33. The van der Waals surface area contributed by atoms with Crippen LogP contribution in [0.15, 0.2) is 29.3 Å². The van der Waals surface area contributed by atoms with Gasteiger partial charge in [0, 0.05) is 13.1 Å². The third-order valence-corrected chi connectivity index (χ3v) is 6.21. The number of ether oxygens (including phenoxy) is 1. The van der Waals surface area contributed by atoms with Crippen molar-refractivity contribution in [1.82, 2.24) is 10.6 Å². The third-order valence-electron chi connectivity index (χ3n) is 3.60. The molecular weight excluding hydrogens is 357 g/mol. The summed E-state index contributed by atoms with van der Waals surface area (Å²) in [6, 6.07) is 5.81. The van der Waals surface area contributed by atoms with E-state index < -0.39 is 14.6 Å². The molecule has 26 heavy (non-hydrogen) atoms. The molecule has 8 heteroatoms. The molecule has 2 N–H and O–H groups in total. The zero-order valence-corrected chi connectivity index (χ0v) is 17.0. The molecule has 1 rings (SSSR count). The minimum absolute atomic E-state index is 0.0303. The van der Waals surface area contributed by atoms with Crippen LogP contribution in [0.4, 0.5) is 4.39 Å². The summed E-state index contributed by atoms with van der Waals surface area (Å²) in [5, 5.41) is 6.10. The molecule has 0 fully saturated rings. The van der Waals surface area contributed by atoms with Crippen molar-refractivity contribution in [1.29, 1.82) is 0 Å². The monoisotopic (exact) mass is 387 g/mol. The summed E-state index contributed by atoms with van der Waals surface area (Å²) in [6.07, 6.45) is -0.214. The van der Waals surface area contributed by atoms with Gasteiger partial charge in [0.15, 0.2) is 15.8 Å². The lowest BCUT2D eigenvalue weighted by atomic mass is 10.3. The van der Waals surface area contributed by atoms with E-state index in [1.165, 1.54) is 12.1 Å². The Balaban J connectivity index is 2.55. The Morgan fingerprint density at radius 3 is 2.38 bits per heavy atom. The lowest BCUT2D eigenvalue weighted by molar-refractivity contribution is 0.230. The topological polar surface area (TPSA) is 79.8 Å². The van der Waals surface area contributed by atoms with Gasteiger partial charge in [0.2, 0.25) is 0 Å². The van der Waals surface area contributed by atoms with Crippen LogP contribution < -0.4 is 15.4 Å². The number of halogens is 1. The minimum Gasteiger partial charge on any atom is -0.489 e. The van der Waals surface area contributed by atoms with Gasteiger partial charge in [-0.1, -0.05) is 0 Å². The summed E-state index contributed by atoms with van der Waals surface area (Å²) in [7, 11) is -3.18. The fraction of sp³-hybridized carbons (Fsp3) is 0.611. The lowest BCUT2D eigenvalue weighted by Gasteiger charge is -2.20. The minimum atomic E-state index is -3.18. The van der Waals surface area contributed by atoms with Crippen LogP contribution in [-0.2, 0) is 9.84 Å². The molecule has 0 radical (unpaired) electrons. The van der Waals surface area contributed by atoms with Crippen molar-refractivity contribution in [3.63, 3.8) is 0 Å². The highest BCUT2D eigenvalue weighted by Crippen LogP contribution is 2.15. The summed E-state index contributed by atoms with van der Waals surface area (Å²) in [6.45, 7) is 10.2. The smallest absolute Gasteiger partial charge is 0.191 e. The molecule has 0 aliphatic rings. The highest BCUT2D eigenvalue weighted by atomic mass is 32.2. The number of hydrogen-bond acceptors (Lipinski definition) is 4. The molecule has 0 bridgehead atoms. The van der Waals surface area contributed by atoms with Crippen molar-refractivity contribution in [2.45, 2.75) is 45.5 Å². The number of rotatable bonds is 8. The predicted molar refractivity (Wildman–Crippen MR) is 104 cm³/mol. The maximum Gasteiger partial charge on any atom is 0.191 e. The molecule has 0 saturated heterocycles. The van der Waals surface area contributed by atoms with Crippen molar-refractivity contribution in [2.24, 2.45) is 4.99 Å². The van der Waals surface area contributed by atoms with Crippen LogP contribution in [0.3, 0.4) is 0 Å². The first-order valence-corrected chi connectivity index (χ1v) is 10.4. The van der Waals surface area contributed by atoms with E-state index in [2.05, 4.69) is 15.6 Å². The number of aliphatic imine (C=N–C) groups is 1. The van der Waals surface area contributed by atoms with Gasteiger partial charge in [-0.2, -0.15) is 0 Å². The van der Waals surface area contributed by atoms with E-state index in [0.717, 1.165) is 0 Å². The highest BCUT2D eigenvalue weighted by Gasteiger charge is 2.28. The van der Waals surface area contributed by atoms with E-state index >= 15 is 0 Å². The van der Waals surface area contributed by atoms with Crippen LogP contribution >= 0.6 is 0 Å². The summed E-state index contributed by atoms with van der Waals surface area (Å²) in [5.41, 5.74) is 0. The third kappa shape index (κ3) is 7.59. The fourth-order valence-corrected chi connectivity index (χ4v) is 2.94. The van der Waals surface area contributed by atoms with E-state index in [-0.39, 0.29) is 24.2 Å². The molecular formula is C18H30FN3O3S. The maximum atomic E-state index is 12.9. The standard InChI is InChI=1S/C18H30FN3O3S/c1-6-20-17(21-11-12-26(23,24)18(3,4)5)22-13-14(2)25-16-9-7-15(19)8-10-16/h7-10,14H,6,11-13H2,1-5H3,(H2,20,21,22). The Hall–Kier alpha value is -1.83. The Morgan fingerprint density at radius 2 is 1.85 bits per heavy atom. The quantitative estimate of drug-likeness (QED) is 0.529. The first-order valence-electron chi connectivity index (χ1n) is 8.72. The van der Waals surface area contributed by atoms with Gasteiger partial charge in [0.25, 0.3) is 0 Å². The summed E-state index contributed by atoms with van der Waals surface area (Å²) in [4.78, 5) is 4.41. The van der Waals surface area contributed by atoms with Gasteiger partial charge in [-0.05, 0) is 58.9 Å². The van der Waals surface area contributed by atoms with Crippen molar-refractivity contribution in [3.8, 4) is 5.75 Å². The first-order chi connectivity index (χ1) is 12.0. The van der Waals surface area contributed by atoms with Crippen LogP contribution in [0, 0.1) is 5.82 Å². The van der Waals surface area contributed by atoms with E-state index in [4.69, 9.17) is 4.74 Å². The Morgan fingerprint density at radius 1 is 1.23 bits per heavy atom. The second-order valence-corrected chi connectivity index (χ2v) is 9.82. The van der Waals surface area contributed by atoms with Crippen LogP contribution in [0.25, 0.3) is 0 Å². The number of nitrogens with zero attached hydrogens (tertiary/aromatic N) is 1. The first kappa shape index (κ1) is 22.2. The van der Waals surface area contributed by atoms with Gasteiger partial charge in [-0.15, -0.1) is 0 Å². The van der Waals surface area contributed by atoms with E-state index in [1.807, 2.05) is 13.8 Å². The molecule has 1 aromatic carbocycles. The highest BCUT2D eigenvalue weighted by molar-refractivity contribution is 7.92. The molecule has 148 valence electrons. The van der Waals surface area contributed by atoms with E-state index in [0.29, 0.717) is 24.8 Å². The van der Waals surface area contributed by atoms with Gasteiger partial charge < -0.3 is 15.4 Å². The second kappa shape index (κ2) is 9.75. The molecule has 0 heterocycles. The van der Waals surface area contributed by atoms with Crippen LogP contribution in [0.2, 0.25) is 0 Å². The molecule has 1 unspecified atom stereocenters. The largest absolute Gasteiger partial charge is 0.489 e. The maximum absolute atomic E-state index is 12.9. The van der Waals surface area contributed by atoms with Crippen molar-refractivity contribution in [3.05, 3.63) is 30.1 Å². The molecule has 0 amide bonds. The zero-order valence-electron chi connectivity index (χ0n) is 16.2. The Bertz CT molecular complexity index is 683. The average Bonchev–Trinajstić information content (AvgIpc) is 2.53. The van der Waals surface area contributed by atoms with Gasteiger partial charge >= 0.3 is 0 Å². The Labute approximate surface area is 156 Å². The molecule has 0 aromatic heterocycles. The van der Waals surface area contributed by atoms with Gasteiger partial charge in [0.05, 0.1) is 17.0 Å². The molecule has 1 atom stereocenters. The summed E-state index contributed by atoms with van der Waals surface area (Å²) in [5.74, 6) is 0.823. The van der Waals surface area contributed by atoms with Crippen molar-refractivity contribution in [2.75, 3.05) is 25.4 Å². The van der Waals surface area contributed by atoms with Crippen LogP contribution in [0.1, 0.15) is 34.6 Å². The molecule has 0 aliphatic carbocycles. The van der Waals surface area contributed by atoms with Crippen molar-refractivity contribution >= 4 is 15.8 Å². The number of hydrogen-bond donors (Lipinski definition) is 2. The number of benzene rings is 1. The van der Waals surface area contributed by atoms with E-state index in [1.54, 1.807) is 32.9 Å². The molecule has 1 aromatic rings. The summed E-state index contributed by atoms with van der Waals surface area (Å²) < 4.78 is 42.1. The normalized spacial score (nSPS) is 14.0. The zero-order chi connectivity index (χ0) is 19.8. The number of guanidine groups is 1. The average molecular weight is 388 g/mol. The predicted octanol–water partition coefficient (Wildman–Crippen LogP) is 2.36. The van der Waals surface area contributed by atoms with Crippen LogP contribution in [0.5, 0.6) is 5.75 Å². The second-order valence-electron chi connectivity index (χ2n) is 6.96. The molecule has 0 aliphatic heterocycles. The molecule has 0 saturated carbocycles. The number of nitrogens with one attached hydrogen (secondary N) is 2. The van der Waals surface area contributed by atoms with E-state index in [9.17, 15) is 12.8 Å². The van der Waals surface area contributed by atoms with Gasteiger partial charge in [0.1, 0.15) is 17.7 Å². The van der Waals surface area contributed by atoms with Gasteiger partial charge in [-0.25, -0.2) is 17.8 Å². The SMILES string of the molecule is CCNC(=NCC(C)Oc1ccc(F)cc1)NCCS(=O)(=O)C(C)(C)C.